The summed E-state index contributed by atoms with van der Waals surface area (Å²) in [5, 5.41) is 3.53. The van der Waals surface area contributed by atoms with Crippen LogP contribution < -0.4 is 16.2 Å². The van der Waals surface area contributed by atoms with E-state index in [4.69, 9.17) is 0 Å². The van der Waals surface area contributed by atoms with Gasteiger partial charge in [0.25, 0.3) is 0 Å². The van der Waals surface area contributed by atoms with Gasteiger partial charge in [-0.3, -0.25) is 0 Å². The van der Waals surface area contributed by atoms with E-state index in [0.29, 0.717) is 6.04 Å². The number of hydrogen-bond donors (Lipinski definition) is 3. The van der Waals surface area contributed by atoms with Crippen LogP contribution in [0.2, 0.25) is 0 Å². The van der Waals surface area contributed by atoms with Gasteiger partial charge in [-0.15, -0.1) is 6.58 Å². The Kier molecular flexibility index (Phi) is 10.3. The smallest absolute Gasteiger partial charge is 0.0997 e. The average molecular weight is 322 g/mol. The zero-order valence-corrected chi connectivity index (χ0v) is 15.6. The monoisotopic (exact) mass is 321 g/mol. The predicted octanol–water partition coefficient (Wildman–Crippen LogP) is 5.17. The summed E-state index contributed by atoms with van der Waals surface area (Å²) in [5.41, 5.74) is 7.91. The minimum Gasteiger partial charge on any atom is -0.383 e. The van der Waals surface area contributed by atoms with Gasteiger partial charge in [0.2, 0.25) is 0 Å². The highest BCUT2D eigenvalue weighted by molar-refractivity contribution is 5.09. The molecule has 1 unspecified atom stereocenters. The minimum absolute atomic E-state index is 0.101. The molecule has 0 saturated carbocycles. The van der Waals surface area contributed by atoms with E-state index in [2.05, 4.69) is 43.2 Å². The maximum absolute atomic E-state index is 4.21. The highest BCUT2D eigenvalue weighted by Gasteiger charge is 2.41. The van der Waals surface area contributed by atoms with E-state index in [9.17, 15) is 0 Å². The van der Waals surface area contributed by atoms with Crippen molar-refractivity contribution in [3.63, 3.8) is 0 Å². The molecule has 0 aromatic heterocycles. The van der Waals surface area contributed by atoms with Gasteiger partial charge >= 0.3 is 0 Å². The lowest BCUT2D eigenvalue weighted by Gasteiger charge is -2.20. The third-order valence-electron chi connectivity index (χ3n) is 4.74. The Morgan fingerprint density at radius 1 is 1.00 bits per heavy atom. The van der Waals surface area contributed by atoms with Gasteiger partial charge in [0.15, 0.2) is 0 Å². The van der Waals surface area contributed by atoms with Crippen LogP contribution in [0.15, 0.2) is 24.9 Å². The summed E-state index contributed by atoms with van der Waals surface area (Å²) in [7, 11) is 0. The van der Waals surface area contributed by atoms with Crippen molar-refractivity contribution in [2.24, 2.45) is 0 Å². The number of hydrogen-bond acceptors (Lipinski definition) is 3. The van der Waals surface area contributed by atoms with E-state index in [0.717, 1.165) is 18.5 Å². The van der Waals surface area contributed by atoms with Gasteiger partial charge in [-0.05, 0) is 12.8 Å². The molecule has 1 atom stereocenters. The second-order valence-electron chi connectivity index (χ2n) is 7.11. The molecule has 3 N–H and O–H groups in total. The highest BCUT2D eigenvalue weighted by Crippen LogP contribution is 2.26. The molecule has 1 rings (SSSR count). The summed E-state index contributed by atoms with van der Waals surface area (Å²) >= 11 is 0. The van der Waals surface area contributed by atoms with Crippen LogP contribution in [0.25, 0.3) is 0 Å². The molecule has 1 aliphatic rings. The fourth-order valence-electron chi connectivity index (χ4n) is 3.12. The first-order valence-electron chi connectivity index (χ1n) is 9.77. The summed E-state index contributed by atoms with van der Waals surface area (Å²) in [6.07, 6.45) is 17.3. The summed E-state index contributed by atoms with van der Waals surface area (Å²) in [6, 6.07) is 0.358. The molecule has 0 aromatic carbocycles. The van der Waals surface area contributed by atoms with Crippen LogP contribution in [0.1, 0.15) is 90.9 Å². The van der Waals surface area contributed by atoms with Gasteiger partial charge in [0.05, 0.1) is 5.66 Å². The minimum atomic E-state index is 0.101. The lowest BCUT2D eigenvalue weighted by atomic mass is 9.99. The molecular weight excluding hydrogens is 282 g/mol. The molecule has 0 bridgehead atoms. The van der Waals surface area contributed by atoms with Gasteiger partial charge in [-0.2, -0.15) is 0 Å². The van der Waals surface area contributed by atoms with E-state index >= 15 is 0 Å². The average Bonchev–Trinajstić information content (AvgIpc) is 3.30. The molecule has 134 valence electrons. The fourth-order valence-corrected chi connectivity index (χ4v) is 3.12. The molecule has 0 spiro atoms. The summed E-state index contributed by atoms with van der Waals surface area (Å²) in [4.78, 5) is 0. The van der Waals surface area contributed by atoms with Crippen LogP contribution in [0.4, 0.5) is 0 Å². The van der Waals surface area contributed by atoms with Gasteiger partial charge in [-0.1, -0.05) is 84.3 Å². The first-order chi connectivity index (χ1) is 11.2. The molecule has 1 saturated heterocycles. The molecule has 3 nitrogen and oxygen atoms in total. The Morgan fingerprint density at radius 3 is 2.17 bits per heavy atom. The van der Waals surface area contributed by atoms with Gasteiger partial charge in [0, 0.05) is 18.2 Å². The molecule has 0 radical (unpaired) electrons. The maximum atomic E-state index is 4.21. The standard InChI is InChI=1S/C20H39N3/c1-5-8-10-11-12-13-14-16-20(22-23-20)17-18(4)21-19(7-3)15-9-6-2/h7,19,21-23H,3-6,8-17H2,1-2H3. The van der Waals surface area contributed by atoms with Crippen molar-refractivity contribution in [3.05, 3.63) is 24.9 Å². The Bertz CT molecular complexity index is 334. The van der Waals surface area contributed by atoms with Crippen molar-refractivity contribution >= 4 is 0 Å². The topological polar surface area (TPSA) is 55.9 Å². The van der Waals surface area contributed by atoms with Crippen molar-refractivity contribution in [2.45, 2.75) is 103 Å². The van der Waals surface area contributed by atoms with Crippen molar-refractivity contribution in [3.8, 4) is 0 Å². The molecule has 0 aromatic rings. The summed E-state index contributed by atoms with van der Waals surface area (Å²) in [6.45, 7) is 12.6. The first-order valence-corrected chi connectivity index (χ1v) is 9.77. The maximum Gasteiger partial charge on any atom is 0.0997 e. The number of rotatable bonds is 16. The normalized spacial score (nSPS) is 16.8. The molecule has 3 heteroatoms. The Balaban J connectivity index is 2.14. The summed E-state index contributed by atoms with van der Waals surface area (Å²) in [5.74, 6) is 0. The SMILES string of the molecule is C=CC(CCCC)NC(=C)CC1(CCCCCCCCC)NN1. The second kappa shape index (κ2) is 11.7. The van der Waals surface area contributed by atoms with Crippen molar-refractivity contribution in [1.29, 1.82) is 0 Å². The Labute approximate surface area is 144 Å². The van der Waals surface area contributed by atoms with Crippen molar-refractivity contribution in [1.82, 2.24) is 16.2 Å². The molecule has 1 aliphatic heterocycles. The van der Waals surface area contributed by atoms with Crippen LogP contribution in [0, 0.1) is 0 Å². The number of hydrazine groups is 1. The third kappa shape index (κ3) is 9.17. The molecule has 0 aliphatic carbocycles. The van der Waals surface area contributed by atoms with E-state index in [1.807, 2.05) is 6.08 Å². The van der Waals surface area contributed by atoms with E-state index in [1.54, 1.807) is 0 Å². The first kappa shape index (κ1) is 20.2. The number of unbranched alkanes of at least 4 members (excludes halogenated alkanes) is 7. The molecule has 1 heterocycles. The van der Waals surface area contributed by atoms with Crippen LogP contribution in [0.3, 0.4) is 0 Å². The largest absolute Gasteiger partial charge is 0.383 e. The fraction of sp³-hybridized carbons (Fsp3) is 0.800. The summed E-state index contributed by atoms with van der Waals surface area (Å²) < 4.78 is 0. The zero-order chi connectivity index (χ0) is 17.0. The number of nitrogens with one attached hydrogen (secondary N) is 3. The van der Waals surface area contributed by atoms with Gasteiger partial charge in [-0.25, -0.2) is 10.9 Å². The molecule has 0 amide bonds. The van der Waals surface area contributed by atoms with E-state index in [1.165, 1.54) is 64.2 Å². The third-order valence-corrected chi connectivity index (χ3v) is 4.74. The van der Waals surface area contributed by atoms with E-state index in [-0.39, 0.29) is 5.66 Å². The lowest BCUT2D eigenvalue weighted by Crippen LogP contribution is -2.30. The van der Waals surface area contributed by atoms with Gasteiger partial charge < -0.3 is 5.32 Å². The lowest BCUT2D eigenvalue weighted by molar-refractivity contribution is 0.472. The molecule has 1 fully saturated rings. The van der Waals surface area contributed by atoms with Crippen LogP contribution in [0.5, 0.6) is 0 Å². The molecule has 23 heavy (non-hydrogen) atoms. The van der Waals surface area contributed by atoms with Crippen LogP contribution in [-0.4, -0.2) is 11.7 Å². The predicted molar refractivity (Wildman–Crippen MR) is 102 cm³/mol. The zero-order valence-electron chi connectivity index (χ0n) is 15.6. The Hall–Kier alpha value is -0.800. The van der Waals surface area contributed by atoms with Crippen LogP contribution in [-0.2, 0) is 0 Å². The Morgan fingerprint density at radius 2 is 1.61 bits per heavy atom. The van der Waals surface area contributed by atoms with Gasteiger partial charge in [0.1, 0.15) is 0 Å². The van der Waals surface area contributed by atoms with Crippen LogP contribution >= 0.6 is 0 Å². The second-order valence-corrected chi connectivity index (χ2v) is 7.11. The molecular formula is C20H39N3. The van der Waals surface area contributed by atoms with Crippen molar-refractivity contribution in [2.75, 3.05) is 0 Å². The van der Waals surface area contributed by atoms with E-state index < -0.39 is 0 Å². The highest BCUT2D eigenvalue weighted by atomic mass is 15.7. The quantitative estimate of drug-likeness (QED) is 0.209. The van der Waals surface area contributed by atoms with Crippen molar-refractivity contribution < 1.29 is 0 Å².